The number of nitrogens with one attached hydrogen (secondary N) is 4. The van der Waals surface area contributed by atoms with Crippen molar-refractivity contribution in [1.82, 2.24) is 21.3 Å². The number of rotatable bonds is 10. The summed E-state index contributed by atoms with van der Waals surface area (Å²) in [5.41, 5.74) is 14.6. The topological polar surface area (TPSA) is 221 Å². The van der Waals surface area contributed by atoms with Gasteiger partial charge in [-0.15, -0.1) is 0 Å². The number of likely N-dealkylation sites (N-methyl/N-ethyl adjacent to an activating group) is 1. The summed E-state index contributed by atoms with van der Waals surface area (Å²) in [5, 5.41) is 42.5. The minimum Gasteiger partial charge on any atom is -0.508 e. The lowest BCUT2D eigenvalue weighted by Gasteiger charge is -2.39. The highest BCUT2D eigenvalue weighted by Gasteiger charge is 2.40. The second-order valence-electron chi connectivity index (χ2n) is 13.8. The number of carbonyl (C=O) groups excluding carboxylic acids is 3. The van der Waals surface area contributed by atoms with Crippen LogP contribution in [-0.2, 0) is 31.7 Å². The average molecular weight is 673 g/mol. The molecular formula is C33H52N6O7Si. The number of aromatic hydroxyl groups is 2. The van der Waals surface area contributed by atoms with Crippen LogP contribution in [0.25, 0.3) is 11.1 Å². The summed E-state index contributed by atoms with van der Waals surface area (Å²) in [6.45, 7) is 10.6. The zero-order valence-electron chi connectivity index (χ0n) is 28.2. The summed E-state index contributed by atoms with van der Waals surface area (Å²) in [7, 11) is -0.670. The minimum absolute atomic E-state index is 0.00396. The maximum atomic E-state index is 14.0. The van der Waals surface area contributed by atoms with Gasteiger partial charge in [-0.3, -0.25) is 14.4 Å². The minimum atomic E-state index is -2.34. The molecule has 0 saturated carbocycles. The van der Waals surface area contributed by atoms with Crippen molar-refractivity contribution in [2.24, 2.45) is 11.5 Å². The van der Waals surface area contributed by atoms with Crippen molar-refractivity contribution in [1.29, 1.82) is 0 Å². The third-order valence-corrected chi connectivity index (χ3v) is 13.5. The Labute approximate surface area is 278 Å². The van der Waals surface area contributed by atoms with Gasteiger partial charge in [-0.25, -0.2) is 0 Å². The van der Waals surface area contributed by atoms with Gasteiger partial charge in [0, 0.05) is 38.9 Å². The molecule has 0 saturated heterocycles. The molecule has 47 heavy (non-hydrogen) atoms. The zero-order valence-corrected chi connectivity index (χ0v) is 29.2. The van der Waals surface area contributed by atoms with E-state index in [9.17, 15) is 29.7 Å². The number of aliphatic hydroxyl groups excluding tert-OH is 1. The highest BCUT2D eigenvalue weighted by Crippen LogP contribution is 2.37. The average Bonchev–Trinajstić information content (AvgIpc) is 2.99. The Morgan fingerprint density at radius 1 is 1.00 bits per heavy atom. The fourth-order valence-electron chi connectivity index (χ4n) is 5.10. The Kier molecular flexibility index (Phi) is 12.9. The number of aliphatic hydroxyl groups is 1. The van der Waals surface area contributed by atoms with Crippen LogP contribution in [0.5, 0.6) is 11.5 Å². The Morgan fingerprint density at radius 3 is 2.11 bits per heavy atom. The Morgan fingerprint density at radius 2 is 1.57 bits per heavy atom. The van der Waals surface area contributed by atoms with E-state index in [1.165, 1.54) is 12.1 Å². The number of nitrogens with two attached hydrogens (primary N) is 2. The molecule has 1 unspecified atom stereocenters. The molecule has 260 valence electrons. The van der Waals surface area contributed by atoms with Gasteiger partial charge < -0.3 is 52.5 Å². The van der Waals surface area contributed by atoms with Crippen LogP contribution in [0.4, 0.5) is 0 Å². The van der Waals surface area contributed by atoms with Gasteiger partial charge in [-0.2, -0.15) is 0 Å². The van der Waals surface area contributed by atoms with Crippen LogP contribution in [0.3, 0.4) is 0 Å². The lowest BCUT2D eigenvalue weighted by Crippen LogP contribution is -2.58. The molecule has 3 rings (SSSR count). The number of amides is 3. The molecule has 11 N–H and O–H groups in total. The van der Waals surface area contributed by atoms with Gasteiger partial charge in [0.25, 0.3) is 0 Å². The normalized spacial score (nSPS) is 20.7. The van der Waals surface area contributed by atoms with Crippen LogP contribution in [0, 0.1) is 0 Å². The van der Waals surface area contributed by atoms with Crippen molar-refractivity contribution in [3.63, 3.8) is 0 Å². The summed E-state index contributed by atoms with van der Waals surface area (Å²) in [4.78, 5) is 41.0. The molecule has 1 aliphatic rings. The molecule has 0 aliphatic carbocycles. The molecule has 1 heterocycles. The summed E-state index contributed by atoms with van der Waals surface area (Å²) in [6.07, 6.45) is -1.61. The molecule has 0 spiro atoms. The van der Waals surface area contributed by atoms with E-state index in [4.69, 9.17) is 15.9 Å². The van der Waals surface area contributed by atoms with E-state index >= 15 is 0 Å². The number of phenols is 2. The molecule has 5 atom stereocenters. The fraction of sp³-hybridized carbons (Fsp3) is 0.545. The van der Waals surface area contributed by atoms with E-state index in [2.05, 4.69) is 55.1 Å². The second-order valence-corrected chi connectivity index (χ2v) is 18.5. The van der Waals surface area contributed by atoms with Crippen LogP contribution < -0.4 is 32.7 Å². The SMILES string of the molecule is CNCC(O)CNC(=O)[C@@H]1Cc2cc(ccc2O)-c2ccc(O)c(c2)C[C@H](N)C(=O)N[C@@H](C[C@H](CN)O[Si](C)(C)C(C)(C)C)C(=O)N1. The van der Waals surface area contributed by atoms with E-state index in [1.54, 1.807) is 31.3 Å². The first kappa shape index (κ1) is 37.9. The summed E-state index contributed by atoms with van der Waals surface area (Å²) < 4.78 is 6.52. The third kappa shape index (κ3) is 10.2. The van der Waals surface area contributed by atoms with E-state index in [0.717, 1.165) is 0 Å². The largest absolute Gasteiger partial charge is 0.508 e. The fourth-order valence-corrected chi connectivity index (χ4v) is 6.48. The van der Waals surface area contributed by atoms with Crippen molar-refractivity contribution < 1.29 is 34.1 Å². The Bertz CT molecular complexity index is 1420. The van der Waals surface area contributed by atoms with E-state index in [0.29, 0.717) is 22.3 Å². The van der Waals surface area contributed by atoms with Gasteiger partial charge in [0.1, 0.15) is 23.6 Å². The Hall–Kier alpha value is -3.53. The van der Waals surface area contributed by atoms with Crippen molar-refractivity contribution in [3.8, 4) is 22.6 Å². The monoisotopic (exact) mass is 672 g/mol. The van der Waals surface area contributed by atoms with Crippen molar-refractivity contribution >= 4 is 26.0 Å². The van der Waals surface area contributed by atoms with Gasteiger partial charge in [-0.05, 0) is 71.7 Å². The van der Waals surface area contributed by atoms with Crippen molar-refractivity contribution in [3.05, 3.63) is 47.5 Å². The second kappa shape index (κ2) is 16.0. The molecule has 3 amide bonds. The highest BCUT2D eigenvalue weighted by molar-refractivity contribution is 6.74. The van der Waals surface area contributed by atoms with Gasteiger partial charge in [-0.1, -0.05) is 32.9 Å². The van der Waals surface area contributed by atoms with E-state index in [-0.39, 0.29) is 55.4 Å². The highest BCUT2D eigenvalue weighted by atomic mass is 28.4. The predicted octanol–water partition coefficient (Wildman–Crippen LogP) is 0.596. The lowest BCUT2D eigenvalue weighted by molar-refractivity contribution is -0.133. The number of benzene rings is 2. The number of hydrogen-bond donors (Lipinski definition) is 9. The Balaban J connectivity index is 2.07. The molecule has 2 aromatic carbocycles. The van der Waals surface area contributed by atoms with Gasteiger partial charge >= 0.3 is 0 Å². The van der Waals surface area contributed by atoms with Crippen LogP contribution in [-0.4, -0.2) is 98.4 Å². The number of fused-ring (bicyclic) bond motifs is 5. The maximum Gasteiger partial charge on any atom is 0.243 e. The predicted molar refractivity (Wildman–Crippen MR) is 183 cm³/mol. The molecular weight excluding hydrogens is 620 g/mol. The maximum absolute atomic E-state index is 14.0. The standard InChI is InChI=1S/C33H52N6O7Si/c1-33(2,3)47(5,6)46-24(16-34)15-27-32(45)39-26(31(44)37-18-23(40)17-36-4)14-22-12-20(8-10-29(22)42)19-7-9-28(41)21(11-19)13-25(35)30(43)38-27/h7-12,23-27,36,40-42H,13-18,34-35H2,1-6H3,(H,37,44)(H,38,43)(H,39,45)/t23?,24-,25+,26+,27+/m1/s1. The molecule has 14 heteroatoms. The first-order chi connectivity index (χ1) is 21.9. The quantitative estimate of drug-likeness (QED) is 0.160. The van der Waals surface area contributed by atoms with Crippen LogP contribution in [0.2, 0.25) is 18.1 Å². The van der Waals surface area contributed by atoms with Crippen LogP contribution >= 0.6 is 0 Å². The van der Waals surface area contributed by atoms with Gasteiger partial charge in [0.15, 0.2) is 8.32 Å². The van der Waals surface area contributed by atoms with Crippen molar-refractivity contribution in [2.75, 3.05) is 26.7 Å². The van der Waals surface area contributed by atoms with E-state index in [1.807, 2.05) is 0 Å². The molecule has 13 nitrogen and oxygen atoms in total. The van der Waals surface area contributed by atoms with Gasteiger partial charge in [0.2, 0.25) is 17.7 Å². The zero-order chi connectivity index (χ0) is 35.1. The summed E-state index contributed by atoms with van der Waals surface area (Å²) in [6, 6.07) is 6.27. The van der Waals surface area contributed by atoms with Crippen molar-refractivity contribution in [2.45, 2.75) is 88.5 Å². The van der Waals surface area contributed by atoms with Crippen LogP contribution in [0.15, 0.2) is 36.4 Å². The number of hydrogen-bond acceptors (Lipinski definition) is 10. The number of phenolic OH excluding ortho intramolecular Hbond substituents is 2. The molecule has 0 fully saturated rings. The molecule has 1 aliphatic heterocycles. The van der Waals surface area contributed by atoms with Crippen LogP contribution in [0.1, 0.15) is 38.3 Å². The smallest absolute Gasteiger partial charge is 0.243 e. The summed E-state index contributed by atoms with van der Waals surface area (Å²) in [5.74, 6) is -2.03. The first-order valence-electron chi connectivity index (χ1n) is 15.9. The van der Waals surface area contributed by atoms with Gasteiger partial charge in [0.05, 0.1) is 18.2 Å². The third-order valence-electron chi connectivity index (χ3n) is 8.94. The lowest BCUT2D eigenvalue weighted by atomic mass is 9.95. The molecule has 0 radical (unpaired) electrons. The number of carbonyl (C=O) groups is 3. The molecule has 0 aromatic heterocycles. The first-order valence-corrected chi connectivity index (χ1v) is 18.8. The van der Waals surface area contributed by atoms with E-state index < -0.39 is 56.4 Å². The summed E-state index contributed by atoms with van der Waals surface area (Å²) >= 11 is 0. The molecule has 4 bridgehead atoms. The molecule has 2 aromatic rings.